The number of hydrogen-bond acceptors (Lipinski definition) is 1. The molecule has 0 saturated heterocycles. The molecule has 1 rings (SSSR count). The Hall–Kier alpha value is -0.820. The summed E-state index contributed by atoms with van der Waals surface area (Å²) < 4.78 is 0. The minimum absolute atomic E-state index is 0.271. The second kappa shape index (κ2) is 6.05. The summed E-state index contributed by atoms with van der Waals surface area (Å²) in [7, 11) is 0. The summed E-state index contributed by atoms with van der Waals surface area (Å²) in [5.74, 6) is 1.23. The van der Waals surface area contributed by atoms with Crippen LogP contribution in [0.4, 0.5) is 0 Å². The minimum atomic E-state index is 0.271. The van der Waals surface area contributed by atoms with Crippen LogP contribution in [0.2, 0.25) is 0 Å². The molecule has 0 fully saturated rings. The van der Waals surface area contributed by atoms with Gasteiger partial charge in [0.2, 0.25) is 0 Å². The van der Waals surface area contributed by atoms with E-state index >= 15 is 0 Å². The van der Waals surface area contributed by atoms with Gasteiger partial charge in [0.1, 0.15) is 0 Å². The molecule has 1 aromatic rings. The molecule has 1 aromatic carbocycles. The molecule has 2 atom stereocenters. The standard InChI is InChI=1S/C15H25N/c1-5-13-6-8-14(9-7-13)10-15(16)12(4)11(2)3/h6-9,11-12,15H,5,10,16H2,1-4H3. The zero-order valence-electron chi connectivity index (χ0n) is 11.0. The molecule has 1 heteroatoms. The van der Waals surface area contributed by atoms with Crippen LogP contribution in [0.1, 0.15) is 38.8 Å². The SMILES string of the molecule is CCc1ccc(CC(N)C(C)C(C)C)cc1. The number of hydrogen-bond donors (Lipinski definition) is 1. The van der Waals surface area contributed by atoms with E-state index in [0.29, 0.717) is 11.8 Å². The van der Waals surface area contributed by atoms with Crippen molar-refractivity contribution in [3.8, 4) is 0 Å². The fourth-order valence-electron chi connectivity index (χ4n) is 1.86. The lowest BCUT2D eigenvalue weighted by Crippen LogP contribution is -2.33. The Balaban J connectivity index is 2.59. The molecule has 0 bridgehead atoms. The lowest BCUT2D eigenvalue weighted by molar-refractivity contribution is 0.344. The largest absolute Gasteiger partial charge is 0.327 e. The van der Waals surface area contributed by atoms with E-state index in [1.165, 1.54) is 11.1 Å². The Bertz CT molecular complexity index is 300. The molecule has 0 aliphatic carbocycles. The second-order valence-electron chi connectivity index (χ2n) is 5.14. The van der Waals surface area contributed by atoms with Gasteiger partial charge in [-0.25, -0.2) is 0 Å². The first kappa shape index (κ1) is 13.2. The van der Waals surface area contributed by atoms with Crippen molar-refractivity contribution in [1.82, 2.24) is 0 Å². The maximum atomic E-state index is 6.22. The zero-order chi connectivity index (χ0) is 12.1. The summed E-state index contributed by atoms with van der Waals surface area (Å²) in [5.41, 5.74) is 8.98. The van der Waals surface area contributed by atoms with Crippen molar-refractivity contribution in [1.29, 1.82) is 0 Å². The van der Waals surface area contributed by atoms with Crippen LogP contribution in [-0.4, -0.2) is 6.04 Å². The molecule has 1 nitrogen and oxygen atoms in total. The third-order valence-electron chi connectivity index (χ3n) is 3.63. The van der Waals surface area contributed by atoms with E-state index in [1.54, 1.807) is 0 Å². The molecule has 2 N–H and O–H groups in total. The molecule has 0 spiro atoms. The van der Waals surface area contributed by atoms with Gasteiger partial charge in [-0.05, 0) is 35.8 Å². The zero-order valence-corrected chi connectivity index (χ0v) is 11.0. The molecule has 2 unspecified atom stereocenters. The van der Waals surface area contributed by atoms with E-state index in [-0.39, 0.29) is 6.04 Å². The van der Waals surface area contributed by atoms with Gasteiger partial charge in [0, 0.05) is 6.04 Å². The van der Waals surface area contributed by atoms with Crippen molar-refractivity contribution in [2.24, 2.45) is 17.6 Å². The van der Waals surface area contributed by atoms with Crippen molar-refractivity contribution in [3.63, 3.8) is 0 Å². The Labute approximate surface area is 100 Å². The molecule has 0 aliphatic heterocycles. The third kappa shape index (κ3) is 3.64. The van der Waals surface area contributed by atoms with Crippen LogP contribution in [0, 0.1) is 11.8 Å². The first-order valence-electron chi connectivity index (χ1n) is 6.38. The highest BCUT2D eigenvalue weighted by Gasteiger charge is 2.16. The van der Waals surface area contributed by atoms with Crippen LogP contribution in [-0.2, 0) is 12.8 Å². The van der Waals surface area contributed by atoms with Crippen LogP contribution in [0.25, 0.3) is 0 Å². The molecular weight excluding hydrogens is 194 g/mol. The van der Waals surface area contributed by atoms with E-state index in [4.69, 9.17) is 5.73 Å². The van der Waals surface area contributed by atoms with Crippen LogP contribution in [0.3, 0.4) is 0 Å². The maximum Gasteiger partial charge on any atom is 0.0108 e. The van der Waals surface area contributed by atoms with Crippen molar-refractivity contribution < 1.29 is 0 Å². The average Bonchev–Trinajstić information content (AvgIpc) is 2.28. The molecule has 0 aliphatic rings. The van der Waals surface area contributed by atoms with E-state index in [2.05, 4.69) is 52.0 Å². The van der Waals surface area contributed by atoms with E-state index in [9.17, 15) is 0 Å². The second-order valence-corrected chi connectivity index (χ2v) is 5.14. The Morgan fingerprint density at radius 1 is 1.00 bits per heavy atom. The summed E-state index contributed by atoms with van der Waals surface area (Å²) in [4.78, 5) is 0. The molecule has 16 heavy (non-hydrogen) atoms. The third-order valence-corrected chi connectivity index (χ3v) is 3.63. The Morgan fingerprint density at radius 2 is 1.50 bits per heavy atom. The summed E-state index contributed by atoms with van der Waals surface area (Å²) in [6.07, 6.45) is 2.10. The lowest BCUT2D eigenvalue weighted by Gasteiger charge is -2.23. The van der Waals surface area contributed by atoms with Crippen molar-refractivity contribution in [2.75, 3.05) is 0 Å². The number of benzene rings is 1. The smallest absolute Gasteiger partial charge is 0.0108 e. The molecule has 0 amide bonds. The van der Waals surface area contributed by atoms with Crippen molar-refractivity contribution >= 4 is 0 Å². The first-order valence-corrected chi connectivity index (χ1v) is 6.38. The summed E-state index contributed by atoms with van der Waals surface area (Å²) in [6.45, 7) is 8.91. The van der Waals surface area contributed by atoms with Crippen molar-refractivity contribution in [2.45, 2.75) is 46.6 Å². The highest BCUT2D eigenvalue weighted by Crippen LogP contribution is 2.17. The highest BCUT2D eigenvalue weighted by atomic mass is 14.6. The quantitative estimate of drug-likeness (QED) is 0.807. The highest BCUT2D eigenvalue weighted by molar-refractivity contribution is 5.23. The van der Waals surface area contributed by atoms with Gasteiger partial charge in [-0.2, -0.15) is 0 Å². The van der Waals surface area contributed by atoms with Gasteiger partial charge in [0.25, 0.3) is 0 Å². The molecule has 0 heterocycles. The normalized spacial score (nSPS) is 15.1. The molecule has 0 radical (unpaired) electrons. The predicted octanol–water partition coefficient (Wildman–Crippen LogP) is 3.41. The monoisotopic (exact) mass is 219 g/mol. The fourth-order valence-corrected chi connectivity index (χ4v) is 1.86. The first-order chi connectivity index (χ1) is 7.54. The van der Waals surface area contributed by atoms with E-state index in [1.807, 2.05) is 0 Å². The molecule has 0 saturated carbocycles. The fraction of sp³-hybridized carbons (Fsp3) is 0.600. The molecule has 0 aromatic heterocycles. The van der Waals surface area contributed by atoms with Gasteiger partial charge in [-0.1, -0.05) is 52.0 Å². The van der Waals surface area contributed by atoms with E-state index in [0.717, 1.165) is 12.8 Å². The van der Waals surface area contributed by atoms with Crippen molar-refractivity contribution in [3.05, 3.63) is 35.4 Å². The van der Waals surface area contributed by atoms with Gasteiger partial charge in [0.15, 0.2) is 0 Å². The summed E-state index contributed by atoms with van der Waals surface area (Å²) in [5, 5.41) is 0. The predicted molar refractivity (Wildman–Crippen MR) is 71.5 cm³/mol. The number of nitrogens with two attached hydrogens (primary N) is 1. The number of rotatable bonds is 5. The van der Waals surface area contributed by atoms with Crippen LogP contribution in [0.5, 0.6) is 0 Å². The van der Waals surface area contributed by atoms with Gasteiger partial charge in [-0.15, -0.1) is 0 Å². The van der Waals surface area contributed by atoms with Gasteiger partial charge < -0.3 is 5.73 Å². The maximum absolute atomic E-state index is 6.22. The summed E-state index contributed by atoms with van der Waals surface area (Å²) >= 11 is 0. The van der Waals surface area contributed by atoms with Gasteiger partial charge in [-0.3, -0.25) is 0 Å². The lowest BCUT2D eigenvalue weighted by atomic mass is 9.87. The van der Waals surface area contributed by atoms with Crippen LogP contribution < -0.4 is 5.73 Å². The Morgan fingerprint density at radius 3 is 1.94 bits per heavy atom. The van der Waals surface area contributed by atoms with E-state index < -0.39 is 0 Å². The van der Waals surface area contributed by atoms with Gasteiger partial charge >= 0.3 is 0 Å². The minimum Gasteiger partial charge on any atom is -0.327 e. The van der Waals surface area contributed by atoms with Gasteiger partial charge in [0.05, 0.1) is 0 Å². The van der Waals surface area contributed by atoms with Crippen LogP contribution >= 0.6 is 0 Å². The summed E-state index contributed by atoms with van der Waals surface area (Å²) in [6, 6.07) is 9.12. The number of aryl methyl sites for hydroxylation is 1. The molecule has 90 valence electrons. The topological polar surface area (TPSA) is 26.0 Å². The Kier molecular flexibility index (Phi) is 5.01. The molecular formula is C15H25N. The van der Waals surface area contributed by atoms with Crippen LogP contribution in [0.15, 0.2) is 24.3 Å². The average molecular weight is 219 g/mol.